The van der Waals surface area contributed by atoms with Gasteiger partial charge < -0.3 is 24.4 Å². The van der Waals surface area contributed by atoms with Crippen molar-refractivity contribution in [2.24, 2.45) is 5.92 Å². The number of aliphatic hydroxyl groups is 1. The molecule has 0 radical (unpaired) electrons. The van der Waals surface area contributed by atoms with Gasteiger partial charge in [0.2, 0.25) is 0 Å². The number of carboxylic acid groups (broad SMARTS) is 1. The number of hydrogen-bond donors (Lipinski definition) is 2. The Kier molecular flexibility index (Phi) is 15.2. The number of unbranched alkanes of at least 4 members (excludes halogenated alkanes) is 2. The zero-order valence-electron chi connectivity index (χ0n) is 23.6. The lowest BCUT2D eigenvalue weighted by Crippen LogP contribution is -2.54. The Hall–Kier alpha value is -2.47. The van der Waals surface area contributed by atoms with Crippen molar-refractivity contribution in [1.82, 2.24) is 4.90 Å². The van der Waals surface area contributed by atoms with Crippen molar-refractivity contribution in [2.75, 3.05) is 51.9 Å². The third kappa shape index (κ3) is 12.0. The first-order valence-corrected chi connectivity index (χ1v) is 14.9. The average Bonchev–Trinajstić information content (AvgIpc) is 2.95. The molecular formula is C29H43NO9S. The molecule has 1 aliphatic rings. The van der Waals surface area contributed by atoms with Crippen LogP contribution in [0.3, 0.4) is 0 Å². The number of esters is 2. The first-order chi connectivity index (χ1) is 19.1. The highest BCUT2D eigenvalue weighted by Crippen LogP contribution is 2.24. The summed E-state index contributed by atoms with van der Waals surface area (Å²) in [6, 6.07) is 7.53. The van der Waals surface area contributed by atoms with Crippen LogP contribution in [-0.4, -0.2) is 96.2 Å². The van der Waals surface area contributed by atoms with Crippen LogP contribution in [-0.2, 0) is 28.6 Å². The van der Waals surface area contributed by atoms with Crippen molar-refractivity contribution in [2.45, 2.75) is 69.2 Å². The number of carbonyl (C=O) groups is 4. The molecule has 224 valence electrons. The number of hydrogen-bond acceptors (Lipinski definition) is 10. The van der Waals surface area contributed by atoms with Gasteiger partial charge in [-0.3, -0.25) is 24.1 Å². The van der Waals surface area contributed by atoms with E-state index in [1.54, 1.807) is 11.8 Å². The monoisotopic (exact) mass is 581 g/mol. The second-order valence-corrected chi connectivity index (χ2v) is 11.4. The summed E-state index contributed by atoms with van der Waals surface area (Å²) < 4.78 is 15.9. The van der Waals surface area contributed by atoms with Gasteiger partial charge in [-0.25, -0.2) is 0 Å². The molecule has 2 N–H and O–H groups in total. The molecule has 1 heterocycles. The van der Waals surface area contributed by atoms with Gasteiger partial charge in [-0.15, -0.1) is 11.8 Å². The first kappa shape index (κ1) is 33.7. The summed E-state index contributed by atoms with van der Waals surface area (Å²) >= 11 is 1.56. The van der Waals surface area contributed by atoms with Crippen molar-refractivity contribution in [3.05, 3.63) is 29.8 Å². The van der Waals surface area contributed by atoms with Crippen molar-refractivity contribution in [1.29, 1.82) is 0 Å². The molecule has 1 aromatic rings. The van der Waals surface area contributed by atoms with Gasteiger partial charge in [0.05, 0.1) is 37.9 Å². The molecule has 1 saturated heterocycles. The van der Waals surface area contributed by atoms with Crippen LogP contribution in [0, 0.1) is 5.92 Å². The molecule has 40 heavy (non-hydrogen) atoms. The second kappa shape index (κ2) is 18.1. The summed E-state index contributed by atoms with van der Waals surface area (Å²) in [5.41, 5.74) is 0.0795. The molecule has 0 spiro atoms. The van der Waals surface area contributed by atoms with Crippen molar-refractivity contribution >= 4 is 35.5 Å². The minimum absolute atomic E-state index is 0.0531. The number of Topliss-reactive ketones (excluding diaryl/α,β-unsaturated/α-hetero) is 1. The molecular weight excluding hydrogens is 538 g/mol. The smallest absolute Gasteiger partial charge is 0.311 e. The maximum atomic E-state index is 13.1. The molecule has 0 amide bonds. The predicted molar refractivity (Wildman–Crippen MR) is 150 cm³/mol. The molecule has 1 unspecified atom stereocenters. The number of rotatable bonds is 19. The number of carboxylic acids is 1. The van der Waals surface area contributed by atoms with Gasteiger partial charge in [0.1, 0.15) is 6.61 Å². The van der Waals surface area contributed by atoms with Crippen LogP contribution in [0.1, 0.15) is 69.2 Å². The van der Waals surface area contributed by atoms with Gasteiger partial charge in [0.15, 0.2) is 5.78 Å². The van der Waals surface area contributed by atoms with E-state index in [2.05, 4.69) is 4.90 Å². The highest BCUT2D eigenvalue weighted by Gasteiger charge is 2.35. The zero-order chi connectivity index (χ0) is 29.4. The highest BCUT2D eigenvalue weighted by atomic mass is 32.2. The van der Waals surface area contributed by atoms with Gasteiger partial charge in [-0.1, -0.05) is 12.1 Å². The van der Waals surface area contributed by atoms with Crippen LogP contribution in [0.15, 0.2) is 29.2 Å². The molecule has 1 aliphatic heterocycles. The minimum atomic E-state index is -0.939. The van der Waals surface area contributed by atoms with E-state index in [1.807, 2.05) is 38.1 Å². The topological polar surface area (TPSA) is 140 Å². The quantitative estimate of drug-likeness (QED) is 0.107. The maximum Gasteiger partial charge on any atom is 0.311 e. The molecule has 1 atom stereocenters. The van der Waals surface area contributed by atoms with Gasteiger partial charge >= 0.3 is 17.9 Å². The third-order valence-corrected chi connectivity index (χ3v) is 7.83. The maximum absolute atomic E-state index is 13.1. The van der Waals surface area contributed by atoms with E-state index in [1.165, 1.54) is 0 Å². The fourth-order valence-electron chi connectivity index (χ4n) is 4.33. The number of carbonyl (C=O) groups excluding carboxylic acids is 3. The van der Waals surface area contributed by atoms with E-state index in [0.717, 1.165) is 18.0 Å². The summed E-state index contributed by atoms with van der Waals surface area (Å²) in [6.45, 7) is 6.77. The summed E-state index contributed by atoms with van der Waals surface area (Å²) in [7, 11) is 0. The third-order valence-electron chi connectivity index (χ3n) is 6.86. The lowest BCUT2D eigenvalue weighted by molar-refractivity contribution is -0.151. The number of aliphatic hydroxyl groups excluding tert-OH is 1. The highest BCUT2D eigenvalue weighted by molar-refractivity contribution is 7.99. The van der Waals surface area contributed by atoms with E-state index < -0.39 is 23.4 Å². The summed E-state index contributed by atoms with van der Waals surface area (Å²) in [6.07, 6.45) is 2.69. The van der Waals surface area contributed by atoms with E-state index in [9.17, 15) is 24.3 Å². The van der Waals surface area contributed by atoms with Crippen molar-refractivity contribution < 1.29 is 43.6 Å². The molecule has 0 aromatic heterocycles. The van der Waals surface area contributed by atoms with E-state index in [4.69, 9.17) is 19.3 Å². The summed E-state index contributed by atoms with van der Waals surface area (Å²) in [5, 5.41) is 18.0. The summed E-state index contributed by atoms with van der Waals surface area (Å²) in [4.78, 5) is 50.7. The number of ether oxygens (including phenoxy) is 3. The van der Waals surface area contributed by atoms with Gasteiger partial charge in [-0.05, 0) is 58.1 Å². The Morgan fingerprint density at radius 3 is 2.33 bits per heavy atom. The van der Waals surface area contributed by atoms with Crippen LogP contribution in [0.4, 0.5) is 0 Å². The van der Waals surface area contributed by atoms with Crippen LogP contribution in [0.5, 0.6) is 0 Å². The Bertz CT molecular complexity index is 945. The minimum Gasteiger partial charge on any atom is -0.481 e. The lowest BCUT2D eigenvalue weighted by Gasteiger charge is -2.39. The van der Waals surface area contributed by atoms with Crippen molar-refractivity contribution in [3.63, 3.8) is 0 Å². The number of morpholine rings is 1. The normalized spacial score (nSPS) is 14.9. The molecule has 0 saturated carbocycles. The first-order valence-electron chi connectivity index (χ1n) is 13.9. The molecule has 1 aromatic carbocycles. The fourth-order valence-corrected chi connectivity index (χ4v) is 5.06. The summed E-state index contributed by atoms with van der Waals surface area (Å²) in [5.74, 6) is -1.76. The Balaban J connectivity index is 1.55. The number of aliphatic carboxylic acids is 1. The lowest BCUT2D eigenvalue weighted by atomic mass is 9.91. The van der Waals surface area contributed by atoms with Crippen LogP contribution < -0.4 is 0 Å². The predicted octanol–water partition coefficient (Wildman–Crippen LogP) is 3.58. The number of benzene rings is 1. The average molecular weight is 582 g/mol. The Morgan fingerprint density at radius 2 is 1.68 bits per heavy atom. The Morgan fingerprint density at radius 1 is 0.975 bits per heavy atom. The molecule has 0 bridgehead atoms. The Labute approximate surface area is 240 Å². The van der Waals surface area contributed by atoms with E-state index in [-0.39, 0.29) is 50.8 Å². The fraction of sp³-hybridized carbons (Fsp3) is 0.655. The van der Waals surface area contributed by atoms with Crippen LogP contribution in [0.25, 0.3) is 0 Å². The second-order valence-electron chi connectivity index (χ2n) is 10.2. The largest absolute Gasteiger partial charge is 0.481 e. The molecule has 2 rings (SSSR count). The number of thioether (sulfide) groups is 1. The number of nitrogens with zero attached hydrogens (tertiary/aromatic N) is 1. The van der Waals surface area contributed by atoms with Crippen molar-refractivity contribution in [3.8, 4) is 0 Å². The number of ketones is 1. The van der Waals surface area contributed by atoms with Crippen LogP contribution in [0.2, 0.25) is 0 Å². The molecule has 1 fully saturated rings. The van der Waals surface area contributed by atoms with E-state index >= 15 is 0 Å². The SMILES string of the molecule is CC(C)(C(=O)c1ccc(SCCOC(=O)CCCCCOC(=O)C(CO)CCCC(=O)O)cc1)N1CCOCC1. The van der Waals surface area contributed by atoms with Crippen LogP contribution >= 0.6 is 11.8 Å². The molecule has 10 nitrogen and oxygen atoms in total. The van der Waals surface area contributed by atoms with E-state index in [0.29, 0.717) is 50.2 Å². The van der Waals surface area contributed by atoms with Gasteiger partial charge in [0, 0.05) is 42.1 Å². The molecule has 0 aliphatic carbocycles. The molecule has 11 heteroatoms. The standard InChI is InChI=1S/C29H43NO9S/c1-29(2,30-14-17-37-18-15-30)27(35)22-10-12-24(13-11-22)40-20-19-38-26(34)9-4-3-5-16-39-28(36)23(21-31)7-6-8-25(32)33/h10-13,23,31H,3-9,14-21H2,1-2H3,(H,32,33). The van der Waals surface area contributed by atoms with Gasteiger partial charge in [-0.2, -0.15) is 0 Å². The van der Waals surface area contributed by atoms with Gasteiger partial charge in [0.25, 0.3) is 0 Å². The zero-order valence-corrected chi connectivity index (χ0v) is 24.4.